The summed E-state index contributed by atoms with van der Waals surface area (Å²) in [7, 11) is 1.60. The lowest BCUT2D eigenvalue weighted by Crippen LogP contribution is -2.52. The predicted molar refractivity (Wildman–Crippen MR) is 112 cm³/mol. The summed E-state index contributed by atoms with van der Waals surface area (Å²) in [5.41, 5.74) is 1.86. The molecule has 0 saturated carbocycles. The molecule has 2 atom stereocenters. The number of pyridine rings is 1. The number of halogens is 2. The van der Waals surface area contributed by atoms with Crippen molar-refractivity contribution in [3.63, 3.8) is 0 Å². The molecule has 32 heavy (non-hydrogen) atoms. The highest BCUT2D eigenvalue weighted by Crippen LogP contribution is 2.32. The third-order valence-electron chi connectivity index (χ3n) is 5.80. The van der Waals surface area contributed by atoms with Crippen LogP contribution in [0.2, 0.25) is 0 Å². The van der Waals surface area contributed by atoms with E-state index in [0.29, 0.717) is 44.2 Å². The summed E-state index contributed by atoms with van der Waals surface area (Å²) >= 11 is 0. The van der Waals surface area contributed by atoms with Crippen molar-refractivity contribution < 1.29 is 27.8 Å². The second kappa shape index (κ2) is 9.48. The van der Waals surface area contributed by atoms with E-state index < -0.39 is 23.3 Å². The molecule has 0 unspecified atom stereocenters. The van der Waals surface area contributed by atoms with Crippen LogP contribution in [0.15, 0.2) is 30.5 Å². The van der Waals surface area contributed by atoms with E-state index in [0.717, 1.165) is 23.7 Å². The van der Waals surface area contributed by atoms with Crippen LogP contribution >= 0.6 is 0 Å². The van der Waals surface area contributed by atoms with Gasteiger partial charge in [-0.05, 0) is 36.2 Å². The molecule has 1 aromatic heterocycles. The summed E-state index contributed by atoms with van der Waals surface area (Å²) in [6.07, 6.45) is 1.57. The van der Waals surface area contributed by atoms with Gasteiger partial charge in [-0.3, -0.25) is 9.69 Å². The monoisotopic (exact) mass is 447 g/mol. The number of carbonyl (C=O) groups excluding carboxylic acids is 1. The Balaban J connectivity index is 1.32. The molecule has 1 spiro atoms. The van der Waals surface area contributed by atoms with Crippen molar-refractivity contribution in [2.75, 3.05) is 33.4 Å². The largest absolute Gasteiger partial charge is 0.481 e. The van der Waals surface area contributed by atoms with Gasteiger partial charge in [-0.1, -0.05) is 0 Å². The molecule has 1 N–H and O–H groups in total. The average Bonchev–Trinajstić information content (AvgIpc) is 3.14. The van der Waals surface area contributed by atoms with Crippen molar-refractivity contribution in [1.82, 2.24) is 15.2 Å². The van der Waals surface area contributed by atoms with Crippen LogP contribution < -0.4 is 10.1 Å². The van der Waals surface area contributed by atoms with Gasteiger partial charge in [-0.15, -0.1) is 0 Å². The zero-order valence-electron chi connectivity index (χ0n) is 18.2. The first-order valence-electron chi connectivity index (χ1n) is 10.6. The number of rotatable bonds is 6. The van der Waals surface area contributed by atoms with Gasteiger partial charge in [0.2, 0.25) is 11.8 Å². The lowest BCUT2D eigenvalue weighted by Gasteiger charge is -2.39. The van der Waals surface area contributed by atoms with Crippen LogP contribution in [-0.2, 0) is 27.4 Å². The van der Waals surface area contributed by atoms with E-state index in [4.69, 9.17) is 14.2 Å². The highest BCUT2D eigenvalue weighted by molar-refractivity contribution is 5.81. The molecule has 2 aromatic rings. The van der Waals surface area contributed by atoms with Gasteiger partial charge in [-0.25, -0.2) is 13.8 Å². The highest BCUT2D eigenvalue weighted by Gasteiger charge is 2.46. The predicted octanol–water partition coefficient (Wildman–Crippen LogP) is 2.35. The van der Waals surface area contributed by atoms with E-state index in [-0.39, 0.29) is 12.5 Å². The standard InChI is InChI=1S/C23H27F2N3O4/c1-15-5-17(11-27-22(15)30-2)12-28-3-4-32-23(13-28)9-20(31-14-23)21(29)26-10-16-6-18(24)8-19(25)7-16/h5-8,11,20H,3-4,9-10,12-14H2,1-2H3,(H,26,29)/t20-,23-/m1/s1. The van der Waals surface area contributed by atoms with Gasteiger partial charge >= 0.3 is 0 Å². The van der Waals surface area contributed by atoms with Gasteiger partial charge in [0.05, 0.1) is 20.3 Å². The molecule has 7 nitrogen and oxygen atoms in total. The molecule has 172 valence electrons. The lowest BCUT2D eigenvalue weighted by molar-refractivity contribution is -0.130. The first kappa shape index (κ1) is 22.6. The Labute approximate surface area is 185 Å². The molecule has 2 aliphatic rings. The SMILES string of the molecule is COc1ncc(CN2CCO[C@@]3(CO[C@@H](C(=O)NCc4cc(F)cc(F)c4)C3)C2)cc1C. The van der Waals surface area contributed by atoms with Gasteiger partial charge in [0, 0.05) is 50.4 Å². The van der Waals surface area contributed by atoms with Crippen LogP contribution in [0.4, 0.5) is 8.78 Å². The Morgan fingerprint density at radius 2 is 2.06 bits per heavy atom. The smallest absolute Gasteiger partial charge is 0.249 e. The zero-order valence-corrected chi connectivity index (χ0v) is 18.2. The summed E-state index contributed by atoms with van der Waals surface area (Å²) in [5.74, 6) is -1.06. The van der Waals surface area contributed by atoms with Gasteiger partial charge in [-0.2, -0.15) is 0 Å². The van der Waals surface area contributed by atoms with E-state index >= 15 is 0 Å². The van der Waals surface area contributed by atoms with E-state index in [1.807, 2.05) is 13.1 Å². The number of hydrogen-bond acceptors (Lipinski definition) is 6. The van der Waals surface area contributed by atoms with Gasteiger partial charge in [0.1, 0.15) is 23.3 Å². The maximum atomic E-state index is 13.3. The Morgan fingerprint density at radius 1 is 1.28 bits per heavy atom. The first-order valence-corrected chi connectivity index (χ1v) is 10.6. The quantitative estimate of drug-likeness (QED) is 0.733. The van der Waals surface area contributed by atoms with Crippen LogP contribution in [0.25, 0.3) is 0 Å². The van der Waals surface area contributed by atoms with E-state index in [9.17, 15) is 13.6 Å². The van der Waals surface area contributed by atoms with Crippen LogP contribution in [0.3, 0.4) is 0 Å². The minimum absolute atomic E-state index is 0.0250. The molecule has 0 aliphatic carbocycles. The van der Waals surface area contributed by atoms with Crippen molar-refractivity contribution in [2.45, 2.75) is 38.1 Å². The molecule has 2 saturated heterocycles. The Kier molecular flexibility index (Phi) is 6.68. The molecule has 3 heterocycles. The zero-order chi connectivity index (χ0) is 22.7. The maximum Gasteiger partial charge on any atom is 0.249 e. The van der Waals surface area contributed by atoms with Gasteiger partial charge < -0.3 is 19.5 Å². The molecule has 0 bridgehead atoms. The number of carbonyl (C=O) groups is 1. The fraction of sp³-hybridized carbons (Fsp3) is 0.478. The number of hydrogen-bond donors (Lipinski definition) is 1. The van der Waals surface area contributed by atoms with Crippen LogP contribution in [0, 0.1) is 18.6 Å². The van der Waals surface area contributed by atoms with Crippen molar-refractivity contribution in [1.29, 1.82) is 0 Å². The van der Waals surface area contributed by atoms with Crippen molar-refractivity contribution >= 4 is 5.91 Å². The summed E-state index contributed by atoms with van der Waals surface area (Å²) in [6, 6.07) is 5.24. The number of benzene rings is 1. The number of methoxy groups -OCH3 is 1. The summed E-state index contributed by atoms with van der Waals surface area (Å²) in [4.78, 5) is 19.2. The molecule has 2 fully saturated rings. The number of ether oxygens (including phenoxy) is 3. The number of aromatic nitrogens is 1. The number of aryl methyl sites for hydroxylation is 1. The summed E-state index contributed by atoms with van der Waals surface area (Å²) in [5, 5.41) is 2.70. The fourth-order valence-electron chi connectivity index (χ4n) is 4.34. The summed E-state index contributed by atoms with van der Waals surface area (Å²) < 4.78 is 43.7. The van der Waals surface area contributed by atoms with E-state index in [1.54, 1.807) is 7.11 Å². The third-order valence-corrected chi connectivity index (χ3v) is 5.80. The first-order chi connectivity index (χ1) is 15.4. The Morgan fingerprint density at radius 3 is 2.78 bits per heavy atom. The normalized spacial score (nSPS) is 23.4. The number of nitrogens with zero attached hydrogens (tertiary/aromatic N) is 2. The average molecular weight is 447 g/mol. The van der Waals surface area contributed by atoms with E-state index in [2.05, 4.69) is 21.3 Å². The maximum absolute atomic E-state index is 13.3. The summed E-state index contributed by atoms with van der Waals surface area (Å²) in [6.45, 7) is 4.97. The van der Waals surface area contributed by atoms with Gasteiger partial charge in [0.25, 0.3) is 0 Å². The van der Waals surface area contributed by atoms with Crippen molar-refractivity contribution in [2.24, 2.45) is 0 Å². The number of nitrogens with one attached hydrogen (secondary N) is 1. The molecular formula is C23H27F2N3O4. The minimum Gasteiger partial charge on any atom is -0.481 e. The molecular weight excluding hydrogens is 420 g/mol. The van der Waals surface area contributed by atoms with Crippen LogP contribution in [0.5, 0.6) is 5.88 Å². The Bertz CT molecular complexity index is 969. The third kappa shape index (κ3) is 5.23. The van der Waals surface area contributed by atoms with Crippen molar-refractivity contribution in [3.05, 3.63) is 58.8 Å². The molecule has 0 radical (unpaired) electrons. The lowest BCUT2D eigenvalue weighted by atomic mass is 9.97. The molecule has 2 aliphatic heterocycles. The molecule has 1 aromatic carbocycles. The number of morpholine rings is 1. The fourth-order valence-corrected chi connectivity index (χ4v) is 4.34. The molecule has 4 rings (SSSR count). The number of amides is 1. The Hall–Kier alpha value is -2.62. The van der Waals surface area contributed by atoms with Crippen LogP contribution in [-0.4, -0.2) is 60.9 Å². The van der Waals surface area contributed by atoms with Crippen LogP contribution in [0.1, 0.15) is 23.1 Å². The topological polar surface area (TPSA) is 72.9 Å². The highest BCUT2D eigenvalue weighted by atomic mass is 19.1. The molecule has 1 amide bonds. The van der Waals surface area contributed by atoms with Gasteiger partial charge in [0.15, 0.2) is 0 Å². The second-order valence-corrected chi connectivity index (χ2v) is 8.41. The van der Waals surface area contributed by atoms with E-state index in [1.165, 1.54) is 12.1 Å². The second-order valence-electron chi connectivity index (χ2n) is 8.41. The van der Waals surface area contributed by atoms with Crippen molar-refractivity contribution in [3.8, 4) is 5.88 Å². The minimum atomic E-state index is -0.678. The molecule has 9 heteroatoms.